The molecule has 2 heterocycles. The third kappa shape index (κ3) is 11.9. The highest BCUT2D eigenvalue weighted by Gasteiger charge is 2.20. The maximum Gasteiger partial charge on any atom is 0.338 e. The fraction of sp³-hybridized carbons (Fsp3) is 0.263. The highest BCUT2D eigenvalue weighted by molar-refractivity contribution is 8.79. The molecule has 0 saturated carbocycles. The van der Waals surface area contributed by atoms with Crippen molar-refractivity contribution >= 4 is 58.0 Å². The first-order chi connectivity index (χ1) is 26.0. The first kappa shape index (κ1) is 41.0. The number of hydrogen-bond donors (Lipinski definition) is 2. The Morgan fingerprint density at radius 2 is 1.04 bits per heavy atom. The smallest absolute Gasteiger partial charge is 0.338 e. The van der Waals surface area contributed by atoms with Gasteiger partial charge in [0.25, 0.3) is 0 Å². The predicted molar refractivity (Wildman–Crippen MR) is 209 cm³/mol. The number of amides is 2. The number of allylic oxidation sites excluding steroid dienone is 2. The summed E-state index contributed by atoms with van der Waals surface area (Å²) in [7, 11) is 2.70. The molecule has 16 heteroatoms. The molecular formula is C38H42N8O6S2. The number of rotatable bonds is 19. The number of carbonyl (C=O) groups excluding carboxylic acids is 4. The molecule has 0 aliphatic carbocycles. The predicted octanol–water partition coefficient (Wildman–Crippen LogP) is 6.00. The Kier molecular flexibility index (Phi) is 15.6. The molecule has 2 aromatic heterocycles. The number of aromatic nitrogens is 4. The van der Waals surface area contributed by atoms with Crippen LogP contribution in [0.3, 0.4) is 0 Å². The number of anilines is 2. The van der Waals surface area contributed by atoms with E-state index in [1.54, 1.807) is 86.9 Å². The van der Waals surface area contributed by atoms with Crippen LogP contribution in [0, 0.1) is 13.8 Å². The molecule has 0 aliphatic heterocycles. The van der Waals surface area contributed by atoms with Crippen LogP contribution in [-0.4, -0.2) is 67.7 Å². The van der Waals surface area contributed by atoms with Gasteiger partial charge in [0.2, 0.25) is 12.8 Å². The molecule has 4 aromatic rings. The Bertz CT molecular complexity index is 1850. The normalized spacial score (nSPS) is 11.9. The second kappa shape index (κ2) is 20.5. The van der Waals surface area contributed by atoms with Crippen LogP contribution in [0.2, 0.25) is 0 Å². The molecule has 0 bridgehead atoms. The van der Waals surface area contributed by atoms with Crippen molar-refractivity contribution in [1.29, 1.82) is 0 Å². The largest absolute Gasteiger partial charge is 0.462 e. The van der Waals surface area contributed by atoms with Gasteiger partial charge in [-0.15, -0.1) is 0 Å². The minimum Gasteiger partial charge on any atom is -0.462 e. The zero-order chi connectivity index (χ0) is 39.0. The van der Waals surface area contributed by atoms with Crippen LogP contribution in [0.4, 0.5) is 11.6 Å². The molecule has 282 valence electrons. The van der Waals surface area contributed by atoms with Crippen molar-refractivity contribution in [3.05, 3.63) is 128 Å². The molecule has 2 amide bonds. The first-order valence-electron chi connectivity index (χ1n) is 16.8. The van der Waals surface area contributed by atoms with Gasteiger partial charge in [0.1, 0.15) is 23.3 Å². The average Bonchev–Trinajstić information content (AvgIpc) is 3.17. The summed E-state index contributed by atoms with van der Waals surface area (Å²) < 4.78 is 11.1. The Morgan fingerprint density at radius 3 is 1.37 bits per heavy atom. The number of carbonyl (C=O) groups is 4. The minimum absolute atomic E-state index is 0.0122. The molecule has 0 fully saturated rings. The fourth-order valence-electron chi connectivity index (χ4n) is 5.09. The fourth-order valence-corrected chi connectivity index (χ4v) is 7.30. The second-order valence-electron chi connectivity index (χ2n) is 11.8. The lowest BCUT2D eigenvalue weighted by atomic mass is 10.2. The van der Waals surface area contributed by atoms with Crippen LogP contribution >= 0.6 is 21.6 Å². The molecule has 4 rings (SSSR count). The van der Waals surface area contributed by atoms with Crippen LogP contribution < -0.4 is 11.5 Å². The van der Waals surface area contributed by atoms with Crippen LogP contribution in [-0.2, 0) is 32.2 Å². The van der Waals surface area contributed by atoms with E-state index in [0.29, 0.717) is 58.1 Å². The summed E-state index contributed by atoms with van der Waals surface area (Å²) in [6, 6.07) is 17.2. The highest BCUT2D eigenvalue weighted by Crippen LogP contribution is 2.41. The lowest BCUT2D eigenvalue weighted by molar-refractivity contribution is -0.117. The summed E-state index contributed by atoms with van der Waals surface area (Å²) >= 11 is 0. The van der Waals surface area contributed by atoms with E-state index in [9.17, 15) is 19.2 Å². The van der Waals surface area contributed by atoms with Crippen LogP contribution in [0.15, 0.2) is 94.3 Å². The third-order valence-corrected chi connectivity index (χ3v) is 10.7. The highest BCUT2D eigenvalue weighted by atomic mass is 33.1. The number of hydrogen-bond acceptors (Lipinski definition) is 14. The number of ether oxygens (including phenoxy) is 2. The number of nitrogen functional groups attached to an aromatic ring is 2. The van der Waals surface area contributed by atoms with Gasteiger partial charge in [0, 0.05) is 57.6 Å². The summed E-state index contributed by atoms with van der Waals surface area (Å²) in [5.41, 5.74) is 15.4. The number of nitrogens with two attached hydrogens (primary N) is 2. The molecule has 54 heavy (non-hydrogen) atoms. The summed E-state index contributed by atoms with van der Waals surface area (Å²) in [4.78, 5) is 71.9. The number of benzene rings is 2. The molecule has 0 aliphatic rings. The van der Waals surface area contributed by atoms with E-state index in [0.717, 1.165) is 9.81 Å². The third-order valence-electron chi connectivity index (χ3n) is 7.93. The van der Waals surface area contributed by atoms with E-state index in [4.69, 9.17) is 20.9 Å². The lowest BCUT2D eigenvalue weighted by Crippen LogP contribution is -2.24. The molecular weight excluding hydrogens is 729 g/mol. The van der Waals surface area contributed by atoms with Crippen LogP contribution in [0.1, 0.15) is 70.2 Å². The van der Waals surface area contributed by atoms with Crippen molar-refractivity contribution in [3.63, 3.8) is 0 Å². The van der Waals surface area contributed by atoms with E-state index in [-0.39, 0.29) is 50.8 Å². The Balaban J connectivity index is 1.61. The van der Waals surface area contributed by atoms with E-state index in [2.05, 4.69) is 19.9 Å². The molecule has 2 aromatic carbocycles. The zero-order valence-electron chi connectivity index (χ0n) is 30.4. The van der Waals surface area contributed by atoms with Crippen molar-refractivity contribution in [2.75, 3.05) is 24.7 Å². The summed E-state index contributed by atoms with van der Waals surface area (Å²) in [5.74, 6) is 0.496. The van der Waals surface area contributed by atoms with Crippen molar-refractivity contribution in [2.24, 2.45) is 0 Å². The van der Waals surface area contributed by atoms with Gasteiger partial charge in [-0.1, -0.05) is 58.0 Å². The lowest BCUT2D eigenvalue weighted by Gasteiger charge is -2.25. The van der Waals surface area contributed by atoms with Gasteiger partial charge in [-0.2, -0.15) is 0 Å². The molecule has 0 spiro atoms. The van der Waals surface area contributed by atoms with Gasteiger partial charge in [-0.05, 0) is 52.0 Å². The maximum absolute atomic E-state index is 12.7. The standard InChI is InChI=1S/C38H42N8O6S2/c1-25(33(15-17-51-37(49)29-11-7-5-8-12-29)45(23-47)21-31-19-41-27(3)43-35(31)39)53-54-26(2)34(16-18-52-38(50)30-13-9-6-10-14-30)46(24-48)22-32-20-42-28(4)44-36(32)40/h5-14,19-20,23-24H,15-18,21-22H2,1-4H3,(H2,39,41,43)(H2,40,42,44)/b33-25+,34-26+. The number of nitrogens with zero attached hydrogens (tertiary/aromatic N) is 6. The quantitative estimate of drug-likeness (QED) is 0.0639. The molecule has 0 atom stereocenters. The summed E-state index contributed by atoms with van der Waals surface area (Å²) in [6.07, 6.45) is 4.90. The van der Waals surface area contributed by atoms with Gasteiger partial charge in [0.05, 0.1) is 37.4 Å². The van der Waals surface area contributed by atoms with E-state index in [1.807, 2.05) is 13.8 Å². The second-order valence-corrected chi connectivity index (χ2v) is 14.4. The van der Waals surface area contributed by atoms with Crippen molar-refractivity contribution in [1.82, 2.24) is 29.7 Å². The zero-order valence-corrected chi connectivity index (χ0v) is 32.1. The molecule has 14 nitrogen and oxygen atoms in total. The Hall–Kier alpha value is -5.74. The molecule has 0 unspecified atom stereocenters. The van der Waals surface area contributed by atoms with Crippen LogP contribution in [0.5, 0.6) is 0 Å². The Labute approximate surface area is 321 Å². The van der Waals surface area contributed by atoms with E-state index in [1.165, 1.54) is 31.4 Å². The van der Waals surface area contributed by atoms with Gasteiger partial charge < -0.3 is 30.7 Å². The molecule has 0 saturated heterocycles. The molecule has 0 radical (unpaired) electrons. The maximum atomic E-state index is 12.7. The molecule has 4 N–H and O–H groups in total. The van der Waals surface area contributed by atoms with E-state index >= 15 is 0 Å². The summed E-state index contributed by atoms with van der Waals surface area (Å²) in [5, 5.41) is 0. The SMILES string of the molecule is C/C(SS/C(C)=C(\CCOC(=O)c1ccccc1)N(C=O)Cc1cnc(C)nc1N)=C(/CCOC(=O)c1ccccc1)N(C=O)Cc1cnc(C)nc1N. The minimum atomic E-state index is -0.492. The van der Waals surface area contributed by atoms with Gasteiger partial charge >= 0.3 is 11.9 Å². The van der Waals surface area contributed by atoms with Gasteiger partial charge in [0.15, 0.2) is 0 Å². The van der Waals surface area contributed by atoms with Crippen molar-refractivity contribution in [2.45, 2.75) is 53.6 Å². The van der Waals surface area contributed by atoms with Crippen molar-refractivity contribution in [3.8, 4) is 0 Å². The number of aryl methyl sites for hydroxylation is 2. The Morgan fingerprint density at radius 1 is 0.667 bits per heavy atom. The van der Waals surface area contributed by atoms with Crippen LogP contribution in [0.25, 0.3) is 0 Å². The monoisotopic (exact) mass is 770 g/mol. The first-order valence-corrected chi connectivity index (χ1v) is 18.9. The summed E-state index contributed by atoms with van der Waals surface area (Å²) in [6.45, 7) is 7.24. The van der Waals surface area contributed by atoms with E-state index < -0.39 is 11.9 Å². The van der Waals surface area contributed by atoms with Gasteiger partial charge in [-0.3, -0.25) is 9.59 Å². The average molecular weight is 771 g/mol. The van der Waals surface area contributed by atoms with Gasteiger partial charge in [-0.25, -0.2) is 29.5 Å². The van der Waals surface area contributed by atoms with Crippen molar-refractivity contribution < 1.29 is 28.7 Å². The topological polar surface area (TPSA) is 197 Å². The number of esters is 2.